The lowest BCUT2D eigenvalue weighted by atomic mass is 11.9. The maximum Gasteiger partial charge on any atom is 0.344 e. The van der Waals surface area contributed by atoms with Crippen LogP contribution in [0.5, 0.6) is 0 Å². The van der Waals surface area contributed by atoms with Crippen molar-refractivity contribution in [2.75, 3.05) is 23.6 Å². The maximum absolute atomic E-state index is 11.7. The summed E-state index contributed by atoms with van der Waals surface area (Å²) in [6.07, 6.45) is 0. The van der Waals surface area contributed by atoms with Crippen molar-refractivity contribution in [3.05, 3.63) is 0 Å². The topological polar surface area (TPSA) is 242 Å². The molecule has 14 nitrogen and oxygen atoms in total. The van der Waals surface area contributed by atoms with Crippen molar-refractivity contribution in [3.63, 3.8) is 0 Å². The Balaban J connectivity index is 3.40. The molecule has 20 heteroatoms. The molecule has 0 aromatic heterocycles. The van der Waals surface area contributed by atoms with E-state index in [1.807, 2.05) is 0 Å². The molecule has 0 amide bonds. The van der Waals surface area contributed by atoms with Gasteiger partial charge in [0.05, 0.1) is 0 Å². The second-order valence-corrected chi connectivity index (χ2v) is 19.3. The molecule has 1 rings (SSSR count). The molecule has 0 saturated carbocycles. The smallest absolute Gasteiger partial charge is 0.343 e. The zero-order chi connectivity index (χ0) is 19.2. The van der Waals surface area contributed by atoms with Gasteiger partial charge in [-0.05, 0) is 0 Å². The molecule has 0 bridgehead atoms. The fourth-order valence-corrected chi connectivity index (χ4v) is 18.8. The van der Waals surface area contributed by atoms with Crippen molar-refractivity contribution in [3.8, 4) is 0 Å². The molecule has 1 fully saturated rings. The summed E-state index contributed by atoms with van der Waals surface area (Å²) in [5.41, 5.74) is 0. The Morgan fingerprint density at radius 2 is 0.625 bits per heavy atom. The lowest BCUT2D eigenvalue weighted by Gasteiger charge is -2.25. The van der Waals surface area contributed by atoms with Crippen molar-refractivity contribution in [1.82, 2.24) is 0 Å². The standard InChI is InChI=1S/C4H14O14P6/c5-19(6)1-21(9,10)17-23(13,14)3-20(7,8)4-24(15,16)18-22(11,12)2-19/h1-4H2,(H,5,6)(H,7,8)(H,9,10)(H,11,12)(H,13,14)(H,15,16). The van der Waals surface area contributed by atoms with Gasteiger partial charge < -0.3 is 29.4 Å². The summed E-state index contributed by atoms with van der Waals surface area (Å²) in [5, 5.41) is 0. The quantitative estimate of drug-likeness (QED) is 0.271. The molecule has 1 heterocycles. The predicted octanol–water partition coefficient (Wildman–Crippen LogP) is 1.15. The Bertz CT molecular complexity index is 588. The molecule has 4 unspecified atom stereocenters. The number of rotatable bonds is 0. The molecule has 24 heavy (non-hydrogen) atoms. The van der Waals surface area contributed by atoms with Gasteiger partial charge in [-0.2, -0.15) is 0 Å². The van der Waals surface area contributed by atoms with E-state index < -0.39 is 68.7 Å². The normalized spacial score (nSPS) is 55.2. The highest BCUT2D eigenvalue weighted by atomic mass is 31.3. The third-order valence-corrected chi connectivity index (χ3v) is 19.0. The lowest BCUT2D eigenvalue weighted by Crippen LogP contribution is -2.06. The summed E-state index contributed by atoms with van der Waals surface area (Å²) in [7, 11) is -31.2. The summed E-state index contributed by atoms with van der Waals surface area (Å²) >= 11 is 0. The van der Waals surface area contributed by atoms with E-state index in [9.17, 15) is 56.8 Å². The van der Waals surface area contributed by atoms with Crippen LogP contribution in [0.4, 0.5) is 0 Å². The van der Waals surface area contributed by atoms with E-state index in [-0.39, 0.29) is 0 Å². The van der Waals surface area contributed by atoms with Crippen LogP contribution >= 0.6 is 45.1 Å². The van der Waals surface area contributed by atoms with E-state index in [1.165, 1.54) is 0 Å². The average molecular weight is 472 g/mol. The summed E-state index contributed by atoms with van der Waals surface area (Å²) in [4.78, 5) is 56.3. The summed E-state index contributed by atoms with van der Waals surface area (Å²) in [6.45, 7) is 0. The van der Waals surface area contributed by atoms with Gasteiger partial charge >= 0.3 is 30.4 Å². The van der Waals surface area contributed by atoms with Crippen LogP contribution in [0.3, 0.4) is 0 Å². The Hall–Kier alpha value is 1.06. The monoisotopic (exact) mass is 472 g/mol. The third kappa shape index (κ3) is 8.17. The van der Waals surface area contributed by atoms with Gasteiger partial charge in [0.1, 0.15) is 23.6 Å². The molecular weight excluding hydrogens is 458 g/mol. The van der Waals surface area contributed by atoms with Crippen LogP contribution in [0.1, 0.15) is 0 Å². The third-order valence-electron chi connectivity index (χ3n) is 2.11. The minimum Gasteiger partial charge on any atom is -0.343 e. The highest BCUT2D eigenvalue weighted by Gasteiger charge is 2.49. The second-order valence-electron chi connectivity index (χ2n) is 4.97. The molecule has 1 aliphatic heterocycles. The van der Waals surface area contributed by atoms with Crippen LogP contribution in [0.25, 0.3) is 0 Å². The number of hydrogen-bond donors (Lipinski definition) is 6. The highest BCUT2D eigenvalue weighted by Crippen LogP contribution is 2.76. The Labute approximate surface area is 134 Å². The van der Waals surface area contributed by atoms with Gasteiger partial charge in [-0.1, -0.05) is 0 Å². The zero-order valence-electron chi connectivity index (χ0n) is 11.5. The first-order valence-corrected chi connectivity index (χ1v) is 16.7. The Morgan fingerprint density at radius 3 is 0.792 bits per heavy atom. The van der Waals surface area contributed by atoms with Gasteiger partial charge in [0.15, 0.2) is 0 Å². The zero-order valence-corrected chi connectivity index (χ0v) is 16.8. The van der Waals surface area contributed by atoms with Gasteiger partial charge in [0, 0.05) is 0 Å². The maximum atomic E-state index is 11.7. The first-order chi connectivity index (χ1) is 10.2. The van der Waals surface area contributed by atoms with Crippen molar-refractivity contribution >= 4 is 45.1 Å². The molecule has 0 radical (unpaired) electrons. The highest BCUT2D eigenvalue weighted by molar-refractivity contribution is 7.87. The van der Waals surface area contributed by atoms with E-state index >= 15 is 0 Å². The summed E-state index contributed by atoms with van der Waals surface area (Å²) in [6, 6.07) is 0. The molecule has 1 aliphatic rings. The average Bonchev–Trinajstić information content (AvgIpc) is 1.98. The molecule has 1 saturated heterocycles. The Morgan fingerprint density at radius 1 is 0.458 bits per heavy atom. The molecule has 144 valence electrons. The van der Waals surface area contributed by atoms with Gasteiger partial charge in [0.2, 0.25) is 14.7 Å². The fraction of sp³-hybridized carbons (Fsp3) is 1.00. The predicted molar refractivity (Wildman–Crippen MR) is 80.6 cm³/mol. The van der Waals surface area contributed by atoms with Gasteiger partial charge in [-0.15, -0.1) is 0 Å². The fourth-order valence-electron chi connectivity index (χ4n) is 1.71. The van der Waals surface area contributed by atoms with Crippen LogP contribution in [-0.2, 0) is 36.0 Å². The van der Waals surface area contributed by atoms with E-state index in [0.29, 0.717) is 0 Å². The second kappa shape index (κ2) is 6.90. The molecular formula is C4H14O14P6. The first kappa shape index (κ1) is 23.1. The van der Waals surface area contributed by atoms with E-state index in [4.69, 9.17) is 0 Å². The molecule has 4 atom stereocenters. The minimum absolute atomic E-state index is 1.76. The van der Waals surface area contributed by atoms with Crippen LogP contribution in [0.2, 0.25) is 0 Å². The van der Waals surface area contributed by atoms with Gasteiger partial charge in [0.25, 0.3) is 0 Å². The molecule has 0 aromatic carbocycles. The van der Waals surface area contributed by atoms with Gasteiger partial charge in [-0.3, -0.25) is 27.4 Å². The van der Waals surface area contributed by atoms with Gasteiger partial charge in [-0.25, -0.2) is 8.62 Å². The molecule has 0 spiro atoms. The van der Waals surface area contributed by atoms with E-state index in [2.05, 4.69) is 8.62 Å². The SMILES string of the molecule is O=P1(O)CP(=O)(O)OP(=O)(O)CP(=O)(O)CP(=O)(O)OP(=O)(O)C1. The van der Waals surface area contributed by atoms with Crippen molar-refractivity contribution in [2.45, 2.75) is 0 Å². The first-order valence-electron chi connectivity index (χ1n) is 5.56. The van der Waals surface area contributed by atoms with E-state index in [0.717, 1.165) is 0 Å². The number of hydrogen-bond acceptors (Lipinski definition) is 8. The van der Waals surface area contributed by atoms with Crippen molar-refractivity contribution in [2.24, 2.45) is 0 Å². The molecule has 6 N–H and O–H groups in total. The molecule has 0 aromatic rings. The lowest BCUT2D eigenvalue weighted by molar-refractivity contribution is 0.335. The van der Waals surface area contributed by atoms with Crippen LogP contribution in [0.15, 0.2) is 0 Å². The summed E-state index contributed by atoms with van der Waals surface area (Å²) in [5.74, 6) is -7.04. The largest absolute Gasteiger partial charge is 0.344 e. The van der Waals surface area contributed by atoms with Crippen LogP contribution in [-0.4, -0.2) is 53.0 Å². The van der Waals surface area contributed by atoms with Crippen molar-refractivity contribution in [1.29, 1.82) is 0 Å². The van der Waals surface area contributed by atoms with Crippen LogP contribution < -0.4 is 0 Å². The van der Waals surface area contributed by atoms with E-state index in [1.54, 1.807) is 0 Å². The Kier molecular flexibility index (Phi) is 6.64. The molecule has 0 aliphatic carbocycles. The summed E-state index contributed by atoms with van der Waals surface area (Å²) < 4.78 is 77.8. The minimum atomic E-state index is -5.30. The van der Waals surface area contributed by atoms with Crippen LogP contribution in [0, 0.1) is 0 Å². The van der Waals surface area contributed by atoms with Crippen molar-refractivity contribution < 1.29 is 65.4 Å².